The minimum atomic E-state index is 0. The smallest absolute Gasteiger partial charge is 0.191 e. The van der Waals surface area contributed by atoms with Crippen LogP contribution in [0.5, 0.6) is 0 Å². The molecule has 0 saturated heterocycles. The number of aliphatic imine (C=N–C) groups is 1. The van der Waals surface area contributed by atoms with Crippen LogP contribution in [0.15, 0.2) is 29.3 Å². The van der Waals surface area contributed by atoms with E-state index in [9.17, 15) is 0 Å². The third-order valence-electron chi connectivity index (χ3n) is 2.67. The summed E-state index contributed by atoms with van der Waals surface area (Å²) >= 11 is 6.12. The molecule has 120 valence electrons. The van der Waals surface area contributed by atoms with Gasteiger partial charge in [0.05, 0.1) is 6.54 Å². The number of halogens is 2. The highest BCUT2D eigenvalue weighted by atomic mass is 127. The van der Waals surface area contributed by atoms with Gasteiger partial charge in [0.15, 0.2) is 5.96 Å². The molecule has 0 saturated carbocycles. The summed E-state index contributed by atoms with van der Waals surface area (Å²) in [6.07, 6.45) is 0.963. The quantitative estimate of drug-likeness (QED) is 0.290. The van der Waals surface area contributed by atoms with Crippen LogP contribution < -0.4 is 10.6 Å². The molecule has 1 aromatic carbocycles. The summed E-state index contributed by atoms with van der Waals surface area (Å²) in [5, 5.41) is 7.26. The van der Waals surface area contributed by atoms with Crippen LogP contribution in [-0.2, 0) is 11.3 Å². The number of nitrogens with zero attached hydrogens (tertiary/aromatic N) is 1. The van der Waals surface area contributed by atoms with Gasteiger partial charge in [-0.15, -0.1) is 24.0 Å². The van der Waals surface area contributed by atoms with Crippen LogP contribution >= 0.6 is 35.6 Å². The van der Waals surface area contributed by atoms with Crippen LogP contribution in [0.3, 0.4) is 0 Å². The van der Waals surface area contributed by atoms with Crippen molar-refractivity contribution >= 4 is 41.5 Å². The average molecular weight is 426 g/mol. The Labute approximate surface area is 149 Å². The third kappa shape index (κ3) is 9.16. The molecule has 0 aromatic heterocycles. The van der Waals surface area contributed by atoms with Gasteiger partial charge < -0.3 is 15.4 Å². The molecule has 21 heavy (non-hydrogen) atoms. The van der Waals surface area contributed by atoms with Crippen molar-refractivity contribution < 1.29 is 4.74 Å². The van der Waals surface area contributed by atoms with Gasteiger partial charge in [0.2, 0.25) is 0 Å². The Hall–Kier alpha value is -0.530. The monoisotopic (exact) mass is 425 g/mol. The highest BCUT2D eigenvalue weighted by molar-refractivity contribution is 14.0. The van der Waals surface area contributed by atoms with Crippen LogP contribution in [0, 0.1) is 0 Å². The highest BCUT2D eigenvalue weighted by Crippen LogP contribution is 2.15. The summed E-state index contributed by atoms with van der Waals surface area (Å²) in [4.78, 5) is 4.53. The lowest BCUT2D eigenvalue weighted by atomic mass is 10.2. The first-order valence-corrected chi connectivity index (χ1v) is 7.49. The Morgan fingerprint density at radius 1 is 1.24 bits per heavy atom. The first kappa shape index (κ1) is 20.5. The summed E-state index contributed by atoms with van der Waals surface area (Å²) in [7, 11) is 0. The molecular formula is C15H25ClIN3O. The minimum absolute atomic E-state index is 0. The van der Waals surface area contributed by atoms with Gasteiger partial charge >= 0.3 is 0 Å². The Morgan fingerprint density at radius 3 is 2.67 bits per heavy atom. The van der Waals surface area contributed by atoms with Crippen LogP contribution in [-0.4, -0.2) is 32.3 Å². The number of nitrogens with one attached hydrogen (secondary N) is 2. The lowest BCUT2D eigenvalue weighted by molar-refractivity contribution is 0.145. The van der Waals surface area contributed by atoms with Crippen molar-refractivity contribution in [3.05, 3.63) is 34.9 Å². The van der Waals surface area contributed by atoms with E-state index in [1.165, 1.54) is 0 Å². The van der Waals surface area contributed by atoms with Crippen molar-refractivity contribution in [2.24, 2.45) is 4.99 Å². The Bertz CT molecular complexity index is 416. The summed E-state index contributed by atoms with van der Waals surface area (Å²) in [5.41, 5.74) is 1.03. The maximum absolute atomic E-state index is 6.12. The Balaban J connectivity index is 0.00000400. The van der Waals surface area contributed by atoms with Crippen LogP contribution in [0.1, 0.15) is 25.8 Å². The molecule has 6 heteroatoms. The van der Waals surface area contributed by atoms with Gasteiger partial charge in [-0.1, -0.05) is 29.8 Å². The van der Waals surface area contributed by atoms with E-state index in [2.05, 4.69) is 15.6 Å². The molecule has 0 bridgehead atoms. The van der Waals surface area contributed by atoms with Crippen molar-refractivity contribution in [1.82, 2.24) is 10.6 Å². The molecule has 0 unspecified atom stereocenters. The van der Waals surface area contributed by atoms with E-state index in [0.717, 1.165) is 49.3 Å². The van der Waals surface area contributed by atoms with E-state index < -0.39 is 0 Å². The van der Waals surface area contributed by atoms with Crippen molar-refractivity contribution in [2.75, 3.05) is 26.3 Å². The molecule has 4 nitrogen and oxygen atoms in total. The number of rotatable bonds is 8. The molecule has 0 aliphatic carbocycles. The minimum Gasteiger partial charge on any atom is -0.382 e. The third-order valence-corrected chi connectivity index (χ3v) is 3.04. The van der Waals surface area contributed by atoms with Crippen molar-refractivity contribution in [3.8, 4) is 0 Å². The van der Waals surface area contributed by atoms with Crippen LogP contribution in [0.4, 0.5) is 0 Å². The van der Waals surface area contributed by atoms with Gasteiger partial charge in [0.1, 0.15) is 0 Å². The molecular weight excluding hydrogens is 401 g/mol. The molecule has 1 rings (SSSR count). The molecule has 0 heterocycles. The second-order valence-corrected chi connectivity index (χ2v) is 4.67. The maximum Gasteiger partial charge on any atom is 0.191 e. The molecule has 0 amide bonds. The fourth-order valence-corrected chi connectivity index (χ4v) is 1.85. The zero-order valence-electron chi connectivity index (χ0n) is 12.7. The van der Waals surface area contributed by atoms with Gasteiger partial charge in [-0.3, -0.25) is 0 Å². The van der Waals surface area contributed by atoms with E-state index in [1.807, 2.05) is 38.1 Å². The van der Waals surface area contributed by atoms with Crippen LogP contribution in [0.25, 0.3) is 0 Å². The standard InChI is InChI=1S/C15H24ClN3O.HI/c1-3-17-15(18-10-7-11-20-4-2)19-12-13-8-5-6-9-14(13)16;/h5-6,8-9H,3-4,7,10-12H2,1-2H3,(H2,17,18,19);1H. The van der Waals surface area contributed by atoms with Crippen molar-refractivity contribution in [3.63, 3.8) is 0 Å². The second kappa shape index (κ2) is 13.2. The fraction of sp³-hybridized carbons (Fsp3) is 0.533. The van der Waals surface area contributed by atoms with E-state index in [0.29, 0.717) is 6.54 Å². The molecule has 0 aliphatic rings. The van der Waals surface area contributed by atoms with Gasteiger partial charge in [-0.05, 0) is 31.9 Å². The zero-order valence-corrected chi connectivity index (χ0v) is 15.8. The number of ether oxygens (including phenoxy) is 1. The fourth-order valence-electron chi connectivity index (χ4n) is 1.66. The Morgan fingerprint density at radius 2 is 2.00 bits per heavy atom. The molecule has 1 aromatic rings. The zero-order chi connectivity index (χ0) is 14.6. The van der Waals surface area contributed by atoms with Gasteiger partial charge in [-0.25, -0.2) is 4.99 Å². The van der Waals surface area contributed by atoms with E-state index >= 15 is 0 Å². The molecule has 0 aliphatic heterocycles. The van der Waals surface area contributed by atoms with Crippen molar-refractivity contribution in [1.29, 1.82) is 0 Å². The molecule has 0 fully saturated rings. The normalized spacial score (nSPS) is 10.9. The van der Waals surface area contributed by atoms with E-state index in [4.69, 9.17) is 16.3 Å². The summed E-state index contributed by atoms with van der Waals surface area (Å²) in [6, 6.07) is 7.77. The van der Waals surface area contributed by atoms with Crippen molar-refractivity contribution in [2.45, 2.75) is 26.8 Å². The number of guanidine groups is 1. The predicted molar refractivity (Wildman–Crippen MR) is 101 cm³/mol. The van der Waals surface area contributed by atoms with Gasteiger partial charge in [0.25, 0.3) is 0 Å². The maximum atomic E-state index is 6.12. The summed E-state index contributed by atoms with van der Waals surface area (Å²) in [5.74, 6) is 0.809. The van der Waals surface area contributed by atoms with Crippen LogP contribution in [0.2, 0.25) is 5.02 Å². The lowest BCUT2D eigenvalue weighted by Crippen LogP contribution is -2.38. The number of hydrogen-bond acceptors (Lipinski definition) is 2. The SMILES string of the molecule is CCNC(=NCc1ccccc1Cl)NCCCOCC.I. The first-order chi connectivity index (χ1) is 9.77. The topological polar surface area (TPSA) is 45.7 Å². The molecule has 0 atom stereocenters. The van der Waals surface area contributed by atoms with Gasteiger partial charge in [0, 0.05) is 31.3 Å². The van der Waals surface area contributed by atoms with E-state index in [-0.39, 0.29) is 24.0 Å². The molecule has 0 spiro atoms. The van der Waals surface area contributed by atoms with E-state index in [1.54, 1.807) is 0 Å². The molecule has 2 N–H and O–H groups in total. The largest absolute Gasteiger partial charge is 0.382 e. The average Bonchev–Trinajstić information content (AvgIpc) is 2.46. The molecule has 0 radical (unpaired) electrons. The summed E-state index contributed by atoms with van der Waals surface area (Å²) < 4.78 is 5.30. The Kier molecular flexibility index (Phi) is 12.8. The number of benzene rings is 1. The first-order valence-electron chi connectivity index (χ1n) is 7.11. The van der Waals surface area contributed by atoms with Gasteiger partial charge in [-0.2, -0.15) is 0 Å². The highest BCUT2D eigenvalue weighted by Gasteiger charge is 2.00. The predicted octanol–water partition coefficient (Wildman–Crippen LogP) is 3.44. The number of hydrogen-bond donors (Lipinski definition) is 2. The lowest BCUT2D eigenvalue weighted by Gasteiger charge is -2.11. The second-order valence-electron chi connectivity index (χ2n) is 4.26. The summed E-state index contributed by atoms with van der Waals surface area (Å²) in [6.45, 7) is 7.83.